The SMILES string of the molecule is C=CCC(NC(=O)C1C2C(CN1C(=O)[C@@H](NC(=O)OC(C)(C)C)C1Cc3ccccc3C1)C2(C)C)C(=O)C(=O)NCCCCC(=O)OC(C)(C)C. The van der Waals surface area contributed by atoms with Gasteiger partial charge >= 0.3 is 12.1 Å². The van der Waals surface area contributed by atoms with E-state index in [1.165, 1.54) is 6.08 Å². The van der Waals surface area contributed by atoms with Gasteiger partial charge in [-0.1, -0.05) is 44.2 Å². The fraction of sp³-hybridized carbons (Fsp3) is 0.641. The maximum absolute atomic E-state index is 14.5. The number of likely N-dealkylation sites (tertiary alicyclic amines) is 1. The van der Waals surface area contributed by atoms with Crippen LogP contribution in [0.2, 0.25) is 0 Å². The molecule has 1 aliphatic heterocycles. The maximum atomic E-state index is 14.5. The van der Waals surface area contributed by atoms with Crippen molar-refractivity contribution in [1.29, 1.82) is 0 Å². The van der Waals surface area contributed by atoms with E-state index in [1.54, 1.807) is 46.4 Å². The highest BCUT2D eigenvalue weighted by Gasteiger charge is 2.69. The van der Waals surface area contributed by atoms with Gasteiger partial charge in [-0.2, -0.15) is 0 Å². The number of Topliss-reactive ketones (excluding diaryl/α,β-unsaturated/α-hetero) is 1. The van der Waals surface area contributed by atoms with Crippen molar-refractivity contribution < 1.29 is 38.2 Å². The van der Waals surface area contributed by atoms with Gasteiger partial charge in [-0.15, -0.1) is 6.58 Å². The second-order valence-corrected chi connectivity index (χ2v) is 16.7. The van der Waals surface area contributed by atoms with Crippen LogP contribution in [-0.2, 0) is 46.3 Å². The number of amides is 4. The minimum Gasteiger partial charge on any atom is -0.460 e. The van der Waals surface area contributed by atoms with E-state index in [4.69, 9.17) is 9.47 Å². The summed E-state index contributed by atoms with van der Waals surface area (Å²) >= 11 is 0. The lowest BCUT2D eigenvalue weighted by Gasteiger charge is -2.35. The van der Waals surface area contributed by atoms with E-state index in [2.05, 4.69) is 36.4 Å². The van der Waals surface area contributed by atoms with Gasteiger partial charge in [0.15, 0.2) is 0 Å². The normalized spacial score (nSPS) is 21.7. The molecule has 5 atom stereocenters. The number of nitrogens with one attached hydrogen (secondary N) is 3. The summed E-state index contributed by atoms with van der Waals surface area (Å²) in [4.78, 5) is 81.3. The topological polar surface area (TPSA) is 160 Å². The molecule has 4 unspecified atom stereocenters. The molecule has 0 aromatic heterocycles. The second kappa shape index (κ2) is 15.6. The van der Waals surface area contributed by atoms with Gasteiger partial charge in [-0.3, -0.25) is 24.0 Å². The number of carbonyl (C=O) groups excluding carboxylic acids is 6. The molecule has 0 spiro atoms. The number of fused-ring (bicyclic) bond motifs is 2. The van der Waals surface area contributed by atoms with Gasteiger partial charge in [0.2, 0.25) is 17.6 Å². The average Bonchev–Trinajstić information content (AvgIpc) is 3.38. The molecule has 1 saturated heterocycles. The van der Waals surface area contributed by atoms with E-state index in [-0.39, 0.29) is 54.4 Å². The molecule has 2 aliphatic carbocycles. The predicted octanol–water partition coefficient (Wildman–Crippen LogP) is 4.04. The lowest BCUT2D eigenvalue weighted by molar-refractivity contribution is -0.155. The number of hydrogen-bond acceptors (Lipinski definition) is 8. The molecule has 4 rings (SSSR count). The van der Waals surface area contributed by atoms with Crippen LogP contribution in [0.3, 0.4) is 0 Å². The van der Waals surface area contributed by atoms with Crippen LogP contribution in [0.15, 0.2) is 36.9 Å². The van der Waals surface area contributed by atoms with E-state index in [9.17, 15) is 28.8 Å². The third-order valence-electron chi connectivity index (χ3n) is 10.0. The van der Waals surface area contributed by atoms with E-state index < -0.39 is 53.0 Å². The minimum atomic E-state index is -1.19. The predicted molar refractivity (Wildman–Crippen MR) is 191 cm³/mol. The van der Waals surface area contributed by atoms with Crippen molar-refractivity contribution in [1.82, 2.24) is 20.9 Å². The Labute approximate surface area is 301 Å². The molecule has 12 heteroatoms. The number of alkyl carbamates (subject to hydrolysis) is 1. The number of esters is 1. The van der Waals surface area contributed by atoms with Gasteiger partial charge in [0, 0.05) is 19.5 Å². The Hall–Kier alpha value is -4.22. The fourth-order valence-corrected chi connectivity index (χ4v) is 7.53. The molecule has 1 aromatic rings. The third kappa shape index (κ3) is 9.98. The number of hydrogen-bond donors (Lipinski definition) is 3. The zero-order chi connectivity index (χ0) is 37.9. The van der Waals surface area contributed by atoms with Crippen LogP contribution < -0.4 is 16.0 Å². The molecule has 3 aliphatic rings. The van der Waals surface area contributed by atoms with Gasteiger partial charge < -0.3 is 30.3 Å². The Kier molecular flexibility index (Phi) is 12.1. The Bertz CT molecular complexity index is 1500. The highest BCUT2D eigenvalue weighted by molar-refractivity contribution is 6.38. The quantitative estimate of drug-likeness (QED) is 0.113. The highest BCUT2D eigenvalue weighted by atomic mass is 16.6. The minimum absolute atomic E-state index is 0.0119. The second-order valence-electron chi connectivity index (χ2n) is 16.7. The van der Waals surface area contributed by atoms with E-state index in [0.29, 0.717) is 32.2 Å². The van der Waals surface area contributed by atoms with E-state index >= 15 is 0 Å². The van der Waals surface area contributed by atoms with Crippen molar-refractivity contribution in [3.63, 3.8) is 0 Å². The van der Waals surface area contributed by atoms with Gasteiger partial charge in [0.1, 0.15) is 29.3 Å². The van der Waals surface area contributed by atoms with Crippen LogP contribution in [0.5, 0.6) is 0 Å². The largest absolute Gasteiger partial charge is 0.460 e. The lowest BCUT2D eigenvalue weighted by atomic mass is 9.93. The Balaban J connectivity index is 1.45. The molecule has 2 fully saturated rings. The van der Waals surface area contributed by atoms with Gasteiger partial charge in [0.05, 0.1) is 0 Å². The summed E-state index contributed by atoms with van der Waals surface area (Å²) in [5, 5.41) is 8.20. The zero-order valence-corrected chi connectivity index (χ0v) is 31.4. The highest BCUT2D eigenvalue weighted by Crippen LogP contribution is 2.65. The van der Waals surface area contributed by atoms with Crippen molar-refractivity contribution >= 4 is 35.6 Å². The number of nitrogens with zero attached hydrogens (tertiary/aromatic N) is 1. The molecular formula is C39H56N4O8. The summed E-state index contributed by atoms with van der Waals surface area (Å²) in [6.45, 7) is 18.9. The molecule has 0 radical (unpaired) electrons. The molecule has 1 saturated carbocycles. The molecule has 1 aromatic carbocycles. The maximum Gasteiger partial charge on any atom is 0.408 e. The number of rotatable bonds is 14. The zero-order valence-electron chi connectivity index (χ0n) is 31.4. The average molecular weight is 709 g/mol. The first kappa shape index (κ1) is 39.6. The Morgan fingerprint density at radius 2 is 1.55 bits per heavy atom. The lowest BCUT2D eigenvalue weighted by Crippen LogP contribution is -2.59. The van der Waals surface area contributed by atoms with E-state index in [0.717, 1.165) is 11.1 Å². The summed E-state index contributed by atoms with van der Waals surface area (Å²) in [5.74, 6) is -3.29. The molecule has 4 amide bonds. The van der Waals surface area contributed by atoms with Gasteiger partial charge in [0.25, 0.3) is 5.91 Å². The Morgan fingerprint density at radius 3 is 2.12 bits per heavy atom. The first-order chi connectivity index (χ1) is 23.7. The van der Waals surface area contributed by atoms with Crippen LogP contribution >= 0.6 is 0 Å². The van der Waals surface area contributed by atoms with Crippen LogP contribution in [0.4, 0.5) is 4.79 Å². The molecular weight excluding hydrogens is 652 g/mol. The van der Waals surface area contributed by atoms with Crippen molar-refractivity contribution in [2.75, 3.05) is 13.1 Å². The summed E-state index contributed by atoms with van der Waals surface area (Å²) in [6, 6.07) is 4.90. The van der Waals surface area contributed by atoms with Crippen LogP contribution in [0.1, 0.15) is 92.2 Å². The molecule has 1 heterocycles. The number of benzene rings is 1. The van der Waals surface area contributed by atoms with Crippen LogP contribution in [0, 0.1) is 23.2 Å². The van der Waals surface area contributed by atoms with Crippen molar-refractivity contribution in [2.24, 2.45) is 23.2 Å². The number of ketones is 1. The van der Waals surface area contributed by atoms with E-state index in [1.807, 2.05) is 24.3 Å². The summed E-state index contributed by atoms with van der Waals surface area (Å²) in [6.07, 6.45) is 3.03. The van der Waals surface area contributed by atoms with Crippen molar-refractivity contribution in [2.45, 2.75) is 123 Å². The fourth-order valence-electron chi connectivity index (χ4n) is 7.53. The molecule has 51 heavy (non-hydrogen) atoms. The molecule has 280 valence electrons. The van der Waals surface area contributed by atoms with Gasteiger partial charge in [-0.05, 0) is 108 Å². The van der Waals surface area contributed by atoms with Gasteiger partial charge in [-0.25, -0.2) is 4.79 Å². The summed E-state index contributed by atoms with van der Waals surface area (Å²) in [5.41, 5.74) is 0.640. The van der Waals surface area contributed by atoms with Crippen molar-refractivity contribution in [3.8, 4) is 0 Å². The molecule has 12 nitrogen and oxygen atoms in total. The monoisotopic (exact) mass is 708 g/mol. The van der Waals surface area contributed by atoms with Crippen molar-refractivity contribution in [3.05, 3.63) is 48.0 Å². The third-order valence-corrected chi connectivity index (χ3v) is 10.0. The number of carbonyl (C=O) groups is 6. The summed E-state index contributed by atoms with van der Waals surface area (Å²) < 4.78 is 10.8. The first-order valence-electron chi connectivity index (χ1n) is 18.1. The summed E-state index contributed by atoms with van der Waals surface area (Å²) in [7, 11) is 0. The first-order valence-corrected chi connectivity index (χ1v) is 18.1. The Morgan fingerprint density at radius 1 is 0.941 bits per heavy atom. The molecule has 3 N–H and O–H groups in total. The number of piperidine rings is 1. The van der Waals surface area contributed by atoms with Crippen LogP contribution in [0.25, 0.3) is 0 Å². The molecule has 0 bridgehead atoms. The standard InChI is InChI=1S/C39H56N4O8/c1-10-15-27(32(45)34(47)40-19-14-13-18-28(44)50-37(2,3)4)41-33(46)31-29-26(39(29,8)9)22-43(31)35(48)30(42-36(49)51-38(5,6)7)25-20-23-16-11-12-17-24(23)21-25/h10-12,16-17,25-27,29-31H,1,13-15,18-22H2,2-9H3,(H,40,47)(H,41,46)(H,42,49)/t26?,27?,29?,30-,31?/m0/s1. The van der Waals surface area contributed by atoms with Crippen LogP contribution in [-0.4, -0.2) is 82.9 Å². The number of unbranched alkanes of at least 4 members (excludes halogenated alkanes) is 1. The smallest absolute Gasteiger partial charge is 0.408 e. The number of ether oxygens (including phenoxy) is 2.